The van der Waals surface area contributed by atoms with Crippen LogP contribution in [0.3, 0.4) is 0 Å². The second-order valence-corrected chi connectivity index (χ2v) is 6.02. The van der Waals surface area contributed by atoms with E-state index in [4.69, 9.17) is 21.6 Å². The van der Waals surface area contributed by atoms with Crippen molar-refractivity contribution in [3.05, 3.63) is 56.4 Å². The van der Waals surface area contributed by atoms with Gasteiger partial charge in [0, 0.05) is 16.0 Å². The molecule has 0 spiro atoms. The summed E-state index contributed by atoms with van der Waals surface area (Å²) in [5.74, 6) is -0.392. The first kappa shape index (κ1) is 20.1. The summed E-state index contributed by atoms with van der Waals surface area (Å²) in [4.78, 5) is 22.9. The van der Waals surface area contributed by atoms with E-state index in [0.717, 1.165) is 6.07 Å². The molecule has 1 aromatic heterocycles. The fourth-order valence-corrected chi connectivity index (χ4v) is 2.60. The van der Waals surface area contributed by atoms with Crippen molar-refractivity contribution >= 4 is 35.2 Å². The van der Waals surface area contributed by atoms with Crippen LogP contribution in [-0.2, 0) is 4.74 Å². The van der Waals surface area contributed by atoms with Gasteiger partial charge in [0.2, 0.25) is 11.8 Å². The molecule has 7 nitrogen and oxygen atoms in total. The minimum Gasteiger partial charge on any atom is -0.482 e. The van der Waals surface area contributed by atoms with Gasteiger partial charge in [0.15, 0.2) is 0 Å². The average molecular weight is 390 g/mol. The van der Waals surface area contributed by atoms with Crippen molar-refractivity contribution in [3.8, 4) is 6.07 Å². The highest BCUT2D eigenvalue weighted by molar-refractivity contribution is 6.31. The smallest absolute Gasteiger partial charge is 0.253 e. The average Bonchev–Trinajstić information content (AvgIpc) is 2.64. The highest BCUT2D eigenvalue weighted by Crippen LogP contribution is 2.23. The van der Waals surface area contributed by atoms with Crippen LogP contribution in [0.4, 0.5) is 4.39 Å². The van der Waals surface area contributed by atoms with E-state index < -0.39 is 17.4 Å². The quantitative estimate of drug-likeness (QED) is 0.362. The monoisotopic (exact) mass is 389 g/mol. The zero-order valence-corrected chi connectivity index (χ0v) is 15.7. The van der Waals surface area contributed by atoms with E-state index in [0.29, 0.717) is 5.39 Å². The number of rotatable bonds is 4. The number of aromatic nitrogens is 1. The third-order valence-electron chi connectivity index (χ3n) is 3.75. The Kier molecular flexibility index (Phi) is 6.32. The third-order valence-corrected chi connectivity index (χ3v) is 3.97. The van der Waals surface area contributed by atoms with Crippen LogP contribution in [0.5, 0.6) is 0 Å². The van der Waals surface area contributed by atoms with Crippen molar-refractivity contribution in [3.63, 3.8) is 0 Å². The number of allylic oxidation sites excluding steroid dienone is 1. The van der Waals surface area contributed by atoms with Gasteiger partial charge in [0.05, 0.1) is 30.3 Å². The largest absolute Gasteiger partial charge is 0.482 e. The molecule has 0 aliphatic heterocycles. The number of ether oxygens (including phenoxy) is 1. The van der Waals surface area contributed by atoms with Crippen LogP contribution in [0.1, 0.15) is 25.5 Å². The maximum absolute atomic E-state index is 14.0. The maximum atomic E-state index is 14.0. The summed E-state index contributed by atoms with van der Waals surface area (Å²) in [5, 5.41) is 12.4. The molecule has 9 heteroatoms. The lowest BCUT2D eigenvalue weighted by molar-refractivity contribution is 0.272. The molecule has 2 aromatic rings. The van der Waals surface area contributed by atoms with Crippen molar-refractivity contribution in [2.24, 2.45) is 9.98 Å². The zero-order chi connectivity index (χ0) is 20.1. The Labute approximate surface area is 159 Å². The number of fused-ring (bicyclic) bond motifs is 1. The maximum Gasteiger partial charge on any atom is 0.253 e. The number of guanidine groups is 1. The Balaban J connectivity index is 2.47. The van der Waals surface area contributed by atoms with Gasteiger partial charge in [-0.3, -0.25) is 10.1 Å². The zero-order valence-electron chi connectivity index (χ0n) is 14.9. The predicted molar refractivity (Wildman–Crippen MR) is 103 cm³/mol. The molecule has 0 aliphatic rings. The number of aliphatic imine (C=N–C) groups is 2. The SMILES string of the molecule is C=NC(=N[C@@H](C)c1cc2cc(Cl)cc(F)c2[nH]c1=O)N/C(OC)=C(\C)C#N. The molecule has 2 N–H and O–H groups in total. The lowest BCUT2D eigenvalue weighted by Crippen LogP contribution is -2.24. The molecule has 27 heavy (non-hydrogen) atoms. The van der Waals surface area contributed by atoms with E-state index in [-0.39, 0.29) is 33.5 Å². The summed E-state index contributed by atoms with van der Waals surface area (Å²) >= 11 is 5.88. The van der Waals surface area contributed by atoms with Crippen LogP contribution in [0, 0.1) is 17.1 Å². The molecule has 1 aromatic carbocycles. The van der Waals surface area contributed by atoms with Gasteiger partial charge < -0.3 is 9.72 Å². The summed E-state index contributed by atoms with van der Waals surface area (Å²) < 4.78 is 19.0. The second kappa shape index (κ2) is 8.47. The first-order valence-electron chi connectivity index (χ1n) is 7.79. The van der Waals surface area contributed by atoms with Gasteiger partial charge in [-0.15, -0.1) is 0 Å². The van der Waals surface area contributed by atoms with Gasteiger partial charge in [-0.2, -0.15) is 5.26 Å². The summed E-state index contributed by atoms with van der Waals surface area (Å²) in [5.41, 5.74) is 0.153. The summed E-state index contributed by atoms with van der Waals surface area (Å²) in [7, 11) is 1.39. The number of pyridine rings is 1. The van der Waals surface area contributed by atoms with Gasteiger partial charge >= 0.3 is 0 Å². The molecule has 0 saturated carbocycles. The lowest BCUT2D eigenvalue weighted by atomic mass is 10.1. The fraction of sp³-hybridized carbons (Fsp3) is 0.222. The first-order chi connectivity index (χ1) is 12.8. The molecule has 140 valence electrons. The van der Waals surface area contributed by atoms with Crippen molar-refractivity contribution in [2.75, 3.05) is 7.11 Å². The molecule has 0 fully saturated rings. The molecule has 0 bridgehead atoms. The van der Waals surface area contributed by atoms with Crippen molar-refractivity contribution in [1.29, 1.82) is 5.26 Å². The van der Waals surface area contributed by atoms with E-state index in [9.17, 15) is 9.18 Å². The van der Waals surface area contributed by atoms with Crippen molar-refractivity contribution in [1.82, 2.24) is 10.3 Å². The second-order valence-electron chi connectivity index (χ2n) is 5.59. The molecule has 0 amide bonds. The lowest BCUT2D eigenvalue weighted by Gasteiger charge is -2.12. The van der Waals surface area contributed by atoms with Crippen LogP contribution >= 0.6 is 11.6 Å². The third kappa shape index (κ3) is 4.51. The number of nitrogens with zero attached hydrogens (tertiary/aromatic N) is 3. The number of methoxy groups -OCH3 is 1. The molecule has 0 saturated heterocycles. The Bertz CT molecular complexity index is 1050. The number of nitrogens with one attached hydrogen (secondary N) is 2. The Hall–Kier alpha value is -3.18. The highest BCUT2D eigenvalue weighted by Gasteiger charge is 2.14. The predicted octanol–water partition coefficient (Wildman–Crippen LogP) is 3.43. The van der Waals surface area contributed by atoms with Crippen LogP contribution in [0.15, 0.2) is 44.4 Å². The number of benzene rings is 1. The van der Waals surface area contributed by atoms with Crippen molar-refractivity contribution < 1.29 is 9.13 Å². The minimum atomic E-state index is -0.645. The Morgan fingerprint density at radius 3 is 2.78 bits per heavy atom. The van der Waals surface area contributed by atoms with Crippen molar-refractivity contribution in [2.45, 2.75) is 19.9 Å². The van der Waals surface area contributed by atoms with Gasteiger partial charge in [-0.1, -0.05) is 11.6 Å². The molecular weight excluding hydrogens is 373 g/mol. The van der Waals surface area contributed by atoms with Gasteiger partial charge in [-0.25, -0.2) is 14.4 Å². The molecule has 0 unspecified atom stereocenters. The van der Waals surface area contributed by atoms with Crippen LogP contribution in [0.25, 0.3) is 10.9 Å². The van der Waals surface area contributed by atoms with Gasteiger partial charge in [0.1, 0.15) is 5.82 Å². The number of hydrogen-bond acceptors (Lipinski definition) is 4. The molecule has 0 aliphatic carbocycles. The summed E-state index contributed by atoms with van der Waals surface area (Å²) in [6, 6.07) is 5.49. The van der Waals surface area contributed by atoms with Crippen LogP contribution in [0.2, 0.25) is 5.02 Å². The van der Waals surface area contributed by atoms with E-state index in [1.54, 1.807) is 19.9 Å². The van der Waals surface area contributed by atoms with E-state index in [1.165, 1.54) is 13.2 Å². The number of aromatic amines is 1. The van der Waals surface area contributed by atoms with Crippen LogP contribution < -0.4 is 10.9 Å². The number of nitriles is 1. The van der Waals surface area contributed by atoms with Crippen LogP contribution in [-0.4, -0.2) is 24.8 Å². The summed E-state index contributed by atoms with van der Waals surface area (Å²) in [6.45, 7) is 6.64. The number of halogens is 2. The molecule has 2 rings (SSSR count). The summed E-state index contributed by atoms with van der Waals surface area (Å²) in [6.07, 6.45) is 0. The van der Waals surface area contributed by atoms with E-state index in [2.05, 4.69) is 27.0 Å². The number of hydrogen-bond donors (Lipinski definition) is 2. The van der Waals surface area contributed by atoms with Gasteiger partial charge in [0.25, 0.3) is 5.56 Å². The Morgan fingerprint density at radius 1 is 1.48 bits per heavy atom. The van der Waals surface area contributed by atoms with E-state index >= 15 is 0 Å². The topological polar surface area (TPSA) is 103 Å². The minimum absolute atomic E-state index is 0.0609. The first-order valence-corrected chi connectivity index (χ1v) is 8.17. The number of H-pyrrole nitrogens is 1. The normalized spacial score (nSPS) is 13.6. The molecule has 1 heterocycles. The van der Waals surface area contributed by atoms with Gasteiger partial charge in [-0.05, 0) is 38.8 Å². The standard InChI is InChI=1S/C18H17ClFN5O2/c1-9(8-21)17(27-4)25-18(22-3)23-10(2)13-6-11-5-12(19)7-14(20)15(11)24-16(13)26/h5-7,10H,3H2,1-2,4H3,(H,23,25)(H,24,26)/b17-9-/t10-/m0/s1. The van der Waals surface area contributed by atoms with E-state index in [1.807, 2.05) is 6.07 Å². The molecule has 0 radical (unpaired) electrons. The highest BCUT2D eigenvalue weighted by atomic mass is 35.5. The fourth-order valence-electron chi connectivity index (χ4n) is 2.38. The molecular formula is C18H17ClFN5O2. The molecule has 1 atom stereocenters. The Morgan fingerprint density at radius 2 is 2.19 bits per heavy atom.